The molecule has 0 aliphatic heterocycles. The minimum absolute atomic E-state index is 0.881. The van der Waals surface area contributed by atoms with Gasteiger partial charge >= 0.3 is 0 Å². The third kappa shape index (κ3) is 3.96. The van der Waals surface area contributed by atoms with Gasteiger partial charge in [-0.1, -0.05) is 115 Å². The van der Waals surface area contributed by atoms with Crippen LogP contribution in [0.1, 0.15) is 0 Å². The van der Waals surface area contributed by atoms with Crippen LogP contribution >= 0.6 is 0 Å². The van der Waals surface area contributed by atoms with E-state index < -0.39 is 0 Å². The van der Waals surface area contributed by atoms with Crippen LogP contribution in [-0.4, -0.2) is 0 Å². The van der Waals surface area contributed by atoms with Gasteiger partial charge in [0.1, 0.15) is 11.2 Å². The van der Waals surface area contributed by atoms with Crippen LogP contribution < -0.4 is 4.90 Å². The van der Waals surface area contributed by atoms with Crippen molar-refractivity contribution >= 4 is 71.3 Å². The first-order chi connectivity index (χ1) is 21.8. The maximum Gasteiger partial charge on any atom is 0.143 e. The lowest BCUT2D eigenvalue weighted by atomic mass is 10.0. The second-order valence-corrected chi connectivity index (χ2v) is 11.4. The molecule has 9 rings (SSSR count). The monoisotopic (exact) mass is 561 g/mol. The van der Waals surface area contributed by atoms with E-state index in [2.05, 4.69) is 169 Å². The van der Waals surface area contributed by atoms with Crippen molar-refractivity contribution in [3.8, 4) is 11.1 Å². The molecule has 0 radical (unpaired) electrons. The molecule has 0 saturated carbocycles. The molecule has 0 aliphatic rings. The summed E-state index contributed by atoms with van der Waals surface area (Å²) in [7, 11) is 0. The summed E-state index contributed by atoms with van der Waals surface area (Å²) in [6.45, 7) is 0. The fraction of sp³-hybridized carbons (Fsp3) is 0. The molecule has 0 bridgehead atoms. The maximum absolute atomic E-state index is 6.60. The zero-order valence-electron chi connectivity index (χ0n) is 23.9. The van der Waals surface area contributed by atoms with Crippen molar-refractivity contribution in [2.24, 2.45) is 0 Å². The normalized spacial score (nSPS) is 11.6. The SMILES string of the molecule is c1ccc(-c2ccc(N(c3ccc4c(ccc5ccccc54)c3)c3ccc4c(c3)oc3c5ccccc5ccc43)cc2)cc1. The van der Waals surface area contributed by atoms with E-state index in [0.29, 0.717) is 0 Å². The highest BCUT2D eigenvalue weighted by molar-refractivity contribution is 6.15. The third-order valence-corrected chi connectivity index (χ3v) is 8.82. The Kier molecular flexibility index (Phi) is 5.54. The highest BCUT2D eigenvalue weighted by Gasteiger charge is 2.17. The number of rotatable bonds is 4. The highest BCUT2D eigenvalue weighted by Crippen LogP contribution is 2.41. The Hall–Kier alpha value is -5.86. The van der Waals surface area contributed by atoms with Gasteiger partial charge in [-0.25, -0.2) is 0 Å². The predicted octanol–water partition coefficient (Wildman–Crippen LogP) is 12.2. The molecule has 0 amide bonds. The largest absolute Gasteiger partial charge is 0.455 e. The minimum Gasteiger partial charge on any atom is -0.455 e. The summed E-state index contributed by atoms with van der Waals surface area (Å²) < 4.78 is 6.60. The van der Waals surface area contributed by atoms with Gasteiger partial charge in [-0.05, 0) is 80.5 Å². The van der Waals surface area contributed by atoms with Crippen molar-refractivity contribution < 1.29 is 4.42 Å². The van der Waals surface area contributed by atoms with Gasteiger partial charge in [0.05, 0.1) is 0 Å². The number of benzene rings is 8. The smallest absolute Gasteiger partial charge is 0.143 e. The number of hydrogen-bond donors (Lipinski definition) is 0. The van der Waals surface area contributed by atoms with E-state index in [4.69, 9.17) is 4.42 Å². The van der Waals surface area contributed by atoms with Gasteiger partial charge in [-0.3, -0.25) is 0 Å². The Morgan fingerprint density at radius 2 is 0.886 bits per heavy atom. The van der Waals surface area contributed by atoms with Crippen molar-refractivity contribution in [2.75, 3.05) is 4.90 Å². The number of anilines is 3. The number of nitrogens with zero attached hydrogens (tertiary/aromatic N) is 1. The van der Waals surface area contributed by atoms with E-state index in [1.807, 2.05) is 0 Å². The molecular formula is C42H27NO. The van der Waals surface area contributed by atoms with Gasteiger partial charge in [0.25, 0.3) is 0 Å². The fourth-order valence-corrected chi connectivity index (χ4v) is 6.65. The number of furan rings is 1. The topological polar surface area (TPSA) is 16.4 Å². The Bertz CT molecular complexity index is 2490. The molecule has 1 heterocycles. The van der Waals surface area contributed by atoms with Crippen molar-refractivity contribution in [1.29, 1.82) is 0 Å². The first-order valence-corrected chi connectivity index (χ1v) is 15.0. The van der Waals surface area contributed by atoms with Crippen LogP contribution in [0.4, 0.5) is 17.1 Å². The van der Waals surface area contributed by atoms with Crippen molar-refractivity contribution in [1.82, 2.24) is 0 Å². The third-order valence-electron chi connectivity index (χ3n) is 8.82. The molecule has 8 aromatic carbocycles. The summed E-state index contributed by atoms with van der Waals surface area (Å²) in [6, 6.07) is 58.5. The van der Waals surface area contributed by atoms with E-state index in [9.17, 15) is 0 Å². The Morgan fingerprint density at radius 3 is 1.70 bits per heavy atom. The fourth-order valence-electron chi connectivity index (χ4n) is 6.65. The average Bonchev–Trinajstić information content (AvgIpc) is 3.47. The Morgan fingerprint density at radius 1 is 0.341 bits per heavy atom. The first-order valence-electron chi connectivity index (χ1n) is 15.0. The van der Waals surface area contributed by atoms with Gasteiger partial charge in [0, 0.05) is 39.3 Å². The molecule has 2 nitrogen and oxygen atoms in total. The second-order valence-electron chi connectivity index (χ2n) is 11.4. The van der Waals surface area contributed by atoms with E-state index in [1.54, 1.807) is 0 Å². The van der Waals surface area contributed by atoms with Crippen LogP contribution in [-0.2, 0) is 0 Å². The summed E-state index contributed by atoms with van der Waals surface area (Å²) in [5, 5.41) is 9.57. The van der Waals surface area contributed by atoms with Crippen LogP contribution in [0.25, 0.3) is 65.4 Å². The van der Waals surface area contributed by atoms with Crippen LogP contribution in [0.3, 0.4) is 0 Å². The van der Waals surface area contributed by atoms with Gasteiger partial charge < -0.3 is 9.32 Å². The maximum atomic E-state index is 6.60. The quantitative estimate of drug-likeness (QED) is 0.199. The molecular weight excluding hydrogens is 534 g/mol. The zero-order chi connectivity index (χ0) is 29.0. The van der Waals surface area contributed by atoms with Crippen molar-refractivity contribution in [3.05, 3.63) is 164 Å². The molecule has 2 heteroatoms. The van der Waals surface area contributed by atoms with Crippen LogP contribution in [0.15, 0.2) is 168 Å². The van der Waals surface area contributed by atoms with E-state index in [-0.39, 0.29) is 0 Å². The summed E-state index contributed by atoms with van der Waals surface area (Å²) >= 11 is 0. The zero-order valence-corrected chi connectivity index (χ0v) is 23.9. The molecule has 0 atom stereocenters. The molecule has 9 aromatic rings. The highest BCUT2D eigenvalue weighted by atomic mass is 16.3. The lowest BCUT2D eigenvalue weighted by Crippen LogP contribution is -2.09. The number of hydrogen-bond acceptors (Lipinski definition) is 2. The molecule has 0 spiro atoms. The van der Waals surface area contributed by atoms with Crippen molar-refractivity contribution in [2.45, 2.75) is 0 Å². The molecule has 0 unspecified atom stereocenters. The van der Waals surface area contributed by atoms with Crippen molar-refractivity contribution in [3.63, 3.8) is 0 Å². The average molecular weight is 562 g/mol. The minimum atomic E-state index is 0.881. The Balaban J connectivity index is 1.23. The molecule has 0 fully saturated rings. The van der Waals surface area contributed by atoms with E-state index in [0.717, 1.165) is 44.4 Å². The first kappa shape index (κ1) is 24.7. The Labute approximate surface area is 255 Å². The van der Waals surface area contributed by atoms with Crippen LogP contribution in [0.2, 0.25) is 0 Å². The second kappa shape index (κ2) is 9.86. The van der Waals surface area contributed by atoms with E-state index in [1.165, 1.54) is 38.1 Å². The molecule has 0 N–H and O–H groups in total. The summed E-state index contributed by atoms with van der Waals surface area (Å²) in [5.41, 5.74) is 7.46. The van der Waals surface area contributed by atoms with Crippen LogP contribution in [0, 0.1) is 0 Å². The van der Waals surface area contributed by atoms with Gasteiger partial charge in [0.2, 0.25) is 0 Å². The van der Waals surface area contributed by atoms with Crippen LogP contribution in [0.5, 0.6) is 0 Å². The summed E-state index contributed by atoms with van der Waals surface area (Å²) in [4.78, 5) is 2.33. The lowest BCUT2D eigenvalue weighted by molar-refractivity contribution is 0.672. The van der Waals surface area contributed by atoms with Gasteiger partial charge in [-0.15, -0.1) is 0 Å². The molecule has 206 valence electrons. The molecule has 44 heavy (non-hydrogen) atoms. The standard InChI is InChI=1S/C42H27NO/c1-2-8-28(9-3-1)29-16-19-33(20-17-29)43(34-21-24-37-32(26-34)15-14-30-10-4-6-12-36(30)37)35-22-25-39-40-23-18-31-11-5-7-13-38(31)42(40)44-41(39)27-35/h1-27H. The molecule has 0 saturated heterocycles. The number of fused-ring (bicyclic) bond motifs is 8. The lowest BCUT2D eigenvalue weighted by Gasteiger charge is -2.26. The van der Waals surface area contributed by atoms with Gasteiger partial charge in [-0.2, -0.15) is 0 Å². The predicted molar refractivity (Wildman–Crippen MR) is 186 cm³/mol. The molecule has 1 aromatic heterocycles. The van der Waals surface area contributed by atoms with E-state index >= 15 is 0 Å². The summed E-state index contributed by atoms with van der Waals surface area (Å²) in [5.74, 6) is 0. The van der Waals surface area contributed by atoms with Gasteiger partial charge in [0.15, 0.2) is 0 Å². The molecule has 0 aliphatic carbocycles. The summed E-state index contributed by atoms with van der Waals surface area (Å²) in [6.07, 6.45) is 0.